The third-order valence-corrected chi connectivity index (χ3v) is 4.05. The molecule has 0 bridgehead atoms. The molecule has 0 saturated carbocycles. The molecular formula is C10H22F3N3O2S. The second-order valence-corrected chi connectivity index (χ2v) is 6.11. The highest BCUT2D eigenvalue weighted by Gasteiger charge is 2.26. The minimum absolute atomic E-state index is 0.0226. The van der Waals surface area contributed by atoms with Crippen LogP contribution < -0.4 is 10.0 Å². The van der Waals surface area contributed by atoms with Gasteiger partial charge in [0.2, 0.25) is 0 Å². The first-order valence-electron chi connectivity index (χ1n) is 6.11. The first-order valence-corrected chi connectivity index (χ1v) is 7.55. The van der Waals surface area contributed by atoms with Crippen LogP contribution in [0.2, 0.25) is 0 Å². The molecular weight excluding hydrogens is 283 g/mol. The zero-order valence-corrected chi connectivity index (χ0v) is 12.1. The predicted octanol–water partition coefficient (Wildman–Crippen LogP) is 1.09. The number of nitrogens with zero attached hydrogens (tertiary/aromatic N) is 1. The van der Waals surface area contributed by atoms with E-state index in [-0.39, 0.29) is 19.4 Å². The molecule has 19 heavy (non-hydrogen) atoms. The van der Waals surface area contributed by atoms with Crippen LogP contribution in [0.4, 0.5) is 13.2 Å². The number of nitrogens with one attached hydrogen (secondary N) is 2. The van der Waals surface area contributed by atoms with Crippen molar-refractivity contribution in [2.24, 2.45) is 0 Å². The van der Waals surface area contributed by atoms with Gasteiger partial charge in [-0.1, -0.05) is 0 Å². The Balaban J connectivity index is 3.84. The number of unbranched alkanes of at least 4 members (excludes halogenated alkanes) is 1. The molecule has 0 fully saturated rings. The molecule has 0 radical (unpaired) electrons. The predicted molar refractivity (Wildman–Crippen MR) is 68.0 cm³/mol. The highest BCUT2D eigenvalue weighted by Crippen LogP contribution is 2.21. The highest BCUT2D eigenvalue weighted by molar-refractivity contribution is 7.87. The summed E-state index contributed by atoms with van der Waals surface area (Å²) in [4.78, 5) is 0. The molecule has 116 valence electrons. The van der Waals surface area contributed by atoms with Crippen molar-refractivity contribution < 1.29 is 21.6 Å². The number of hydrogen-bond donors (Lipinski definition) is 2. The number of halogens is 3. The zero-order chi connectivity index (χ0) is 14.9. The summed E-state index contributed by atoms with van der Waals surface area (Å²) in [6.45, 7) is 1.08. The fourth-order valence-corrected chi connectivity index (χ4v) is 2.35. The lowest BCUT2D eigenvalue weighted by Crippen LogP contribution is -2.39. The molecule has 0 aliphatic carbocycles. The lowest BCUT2D eigenvalue weighted by atomic mass is 10.2. The molecule has 0 aromatic heterocycles. The van der Waals surface area contributed by atoms with Gasteiger partial charge in [0.25, 0.3) is 10.2 Å². The van der Waals surface area contributed by atoms with Gasteiger partial charge in [-0.3, -0.25) is 0 Å². The Morgan fingerprint density at radius 1 is 1.11 bits per heavy atom. The summed E-state index contributed by atoms with van der Waals surface area (Å²) in [6, 6.07) is 0. The quantitative estimate of drug-likeness (QED) is 0.594. The highest BCUT2D eigenvalue weighted by atomic mass is 32.2. The summed E-state index contributed by atoms with van der Waals surface area (Å²) in [5.41, 5.74) is 0. The third-order valence-electron chi connectivity index (χ3n) is 2.48. The van der Waals surface area contributed by atoms with Gasteiger partial charge in [-0.05, 0) is 32.9 Å². The minimum atomic E-state index is -4.18. The Bertz CT molecular complexity index is 333. The summed E-state index contributed by atoms with van der Waals surface area (Å²) in [5.74, 6) is 0. The maximum atomic E-state index is 11.9. The van der Waals surface area contributed by atoms with Gasteiger partial charge >= 0.3 is 6.18 Å². The summed E-state index contributed by atoms with van der Waals surface area (Å²) in [6.07, 6.45) is -4.30. The molecule has 0 rings (SSSR count). The topological polar surface area (TPSA) is 61.4 Å². The van der Waals surface area contributed by atoms with Crippen molar-refractivity contribution in [3.8, 4) is 0 Å². The molecule has 0 heterocycles. The molecule has 5 nitrogen and oxygen atoms in total. The standard InChI is InChI=1S/C10H22F3N3O2S/c1-14-7-5-9-16(2)19(17,18)15-8-4-3-6-10(11,12)13/h14-15H,3-9H2,1-2H3. The monoisotopic (exact) mass is 305 g/mol. The lowest BCUT2D eigenvalue weighted by Gasteiger charge is -2.17. The van der Waals surface area contributed by atoms with Crippen molar-refractivity contribution in [2.75, 3.05) is 33.7 Å². The van der Waals surface area contributed by atoms with E-state index in [1.54, 1.807) is 7.05 Å². The first-order chi connectivity index (χ1) is 8.69. The maximum Gasteiger partial charge on any atom is 0.389 e. The van der Waals surface area contributed by atoms with Gasteiger partial charge in [0.1, 0.15) is 0 Å². The van der Waals surface area contributed by atoms with E-state index in [1.807, 2.05) is 0 Å². The molecule has 9 heteroatoms. The van der Waals surface area contributed by atoms with Gasteiger partial charge in [0.15, 0.2) is 0 Å². The van der Waals surface area contributed by atoms with Crippen LogP contribution >= 0.6 is 0 Å². The number of hydrogen-bond acceptors (Lipinski definition) is 3. The molecule has 0 unspecified atom stereocenters. The fourth-order valence-electron chi connectivity index (χ4n) is 1.36. The second kappa shape index (κ2) is 8.72. The van der Waals surface area contributed by atoms with Gasteiger partial charge in [0.05, 0.1) is 0 Å². The molecule has 0 aromatic carbocycles. The van der Waals surface area contributed by atoms with Crippen molar-refractivity contribution in [1.29, 1.82) is 0 Å². The van der Waals surface area contributed by atoms with Crippen molar-refractivity contribution in [2.45, 2.75) is 31.9 Å². The van der Waals surface area contributed by atoms with Gasteiger partial charge in [0, 0.05) is 26.6 Å². The normalized spacial score (nSPS) is 13.2. The average Bonchev–Trinajstić information content (AvgIpc) is 2.27. The Morgan fingerprint density at radius 3 is 2.26 bits per heavy atom. The molecule has 0 aliphatic rings. The van der Waals surface area contributed by atoms with Crippen molar-refractivity contribution in [1.82, 2.24) is 14.3 Å². The first kappa shape index (κ1) is 18.6. The number of alkyl halides is 3. The van der Waals surface area contributed by atoms with Crippen LogP contribution in [0.15, 0.2) is 0 Å². The van der Waals surface area contributed by atoms with E-state index in [0.717, 1.165) is 4.31 Å². The average molecular weight is 305 g/mol. The van der Waals surface area contributed by atoms with Crippen molar-refractivity contribution >= 4 is 10.2 Å². The molecule has 0 atom stereocenters. The van der Waals surface area contributed by atoms with E-state index in [0.29, 0.717) is 19.5 Å². The number of rotatable bonds is 10. The summed E-state index contributed by atoms with van der Waals surface area (Å²) in [7, 11) is -0.373. The van der Waals surface area contributed by atoms with Crippen molar-refractivity contribution in [3.63, 3.8) is 0 Å². The van der Waals surface area contributed by atoms with E-state index >= 15 is 0 Å². The largest absolute Gasteiger partial charge is 0.389 e. The lowest BCUT2D eigenvalue weighted by molar-refractivity contribution is -0.135. The molecule has 0 amide bonds. The van der Waals surface area contributed by atoms with Gasteiger partial charge in [-0.25, -0.2) is 4.72 Å². The van der Waals surface area contributed by atoms with Crippen LogP contribution in [0.25, 0.3) is 0 Å². The fraction of sp³-hybridized carbons (Fsp3) is 1.00. The van der Waals surface area contributed by atoms with E-state index in [4.69, 9.17) is 0 Å². The van der Waals surface area contributed by atoms with Crippen molar-refractivity contribution in [3.05, 3.63) is 0 Å². The van der Waals surface area contributed by atoms with E-state index < -0.39 is 22.8 Å². The van der Waals surface area contributed by atoms with Gasteiger partial charge < -0.3 is 5.32 Å². The Morgan fingerprint density at radius 2 is 1.74 bits per heavy atom. The summed E-state index contributed by atoms with van der Waals surface area (Å²) >= 11 is 0. The van der Waals surface area contributed by atoms with E-state index in [1.165, 1.54) is 7.05 Å². The maximum absolute atomic E-state index is 11.9. The Kier molecular flexibility index (Phi) is 8.55. The van der Waals surface area contributed by atoms with E-state index in [2.05, 4.69) is 10.0 Å². The van der Waals surface area contributed by atoms with Gasteiger partial charge in [-0.2, -0.15) is 25.9 Å². The molecule has 0 aromatic rings. The molecule has 2 N–H and O–H groups in total. The van der Waals surface area contributed by atoms with Crippen LogP contribution in [0.3, 0.4) is 0 Å². The van der Waals surface area contributed by atoms with Crippen LogP contribution in [-0.4, -0.2) is 52.6 Å². The van der Waals surface area contributed by atoms with E-state index in [9.17, 15) is 21.6 Å². The molecule has 0 spiro atoms. The summed E-state index contributed by atoms with van der Waals surface area (Å²) in [5, 5.41) is 2.90. The van der Waals surface area contributed by atoms with Crippen LogP contribution in [0.1, 0.15) is 25.7 Å². The second-order valence-electron chi connectivity index (χ2n) is 4.25. The smallest absolute Gasteiger partial charge is 0.320 e. The van der Waals surface area contributed by atoms with Crippen LogP contribution in [-0.2, 0) is 10.2 Å². The summed E-state index contributed by atoms with van der Waals surface area (Å²) < 4.78 is 62.4. The molecule has 0 aliphatic heterocycles. The van der Waals surface area contributed by atoms with Crippen LogP contribution in [0.5, 0.6) is 0 Å². The Labute approximate surface area is 112 Å². The Hall–Kier alpha value is -0.380. The molecule has 0 saturated heterocycles. The zero-order valence-electron chi connectivity index (χ0n) is 11.3. The minimum Gasteiger partial charge on any atom is -0.320 e. The van der Waals surface area contributed by atoms with Gasteiger partial charge in [-0.15, -0.1) is 0 Å². The van der Waals surface area contributed by atoms with Crippen LogP contribution in [0, 0.1) is 0 Å². The third kappa shape index (κ3) is 10.1. The SMILES string of the molecule is CNCCCN(C)S(=O)(=O)NCCCCC(F)(F)F.